The standard InChI is InChI=1S/C11H18N4O/c1-12-9-4-3-5-15(6-9)11(16)10-7-14(2)8-13-10/h7-9,12H,3-6H2,1-2H3. The smallest absolute Gasteiger partial charge is 0.274 e. The fourth-order valence-corrected chi connectivity index (χ4v) is 2.08. The molecule has 0 bridgehead atoms. The molecule has 16 heavy (non-hydrogen) atoms. The minimum absolute atomic E-state index is 0.0422. The van der Waals surface area contributed by atoms with E-state index in [1.165, 1.54) is 0 Å². The van der Waals surface area contributed by atoms with E-state index >= 15 is 0 Å². The number of aromatic nitrogens is 2. The van der Waals surface area contributed by atoms with E-state index in [4.69, 9.17) is 0 Å². The van der Waals surface area contributed by atoms with Gasteiger partial charge in [0.15, 0.2) is 0 Å². The van der Waals surface area contributed by atoms with Crippen LogP contribution in [-0.4, -0.2) is 46.5 Å². The molecule has 0 aromatic carbocycles. The second kappa shape index (κ2) is 4.65. The van der Waals surface area contributed by atoms with Gasteiger partial charge in [0.1, 0.15) is 5.69 Å². The number of nitrogens with zero attached hydrogens (tertiary/aromatic N) is 3. The van der Waals surface area contributed by atoms with Crippen molar-refractivity contribution < 1.29 is 4.79 Å². The Kier molecular flexibility index (Phi) is 3.24. The lowest BCUT2D eigenvalue weighted by atomic mass is 10.1. The summed E-state index contributed by atoms with van der Waals surface area (Å²) >= 11 is 0. The second-order valence-corrected chi connectivity index (χ2v) is 4.30. The number of rotatable bonds is 2. The van der Waals surface area contributed by atoms with Crippen molar-refractivity contribution in [2.45, 2.75) is 18.9 Å². The predicted molar refractivity (Wildman–Crippen MR) is 61.2 cm³/mol. The fraction of sp³-hybridized carbons (Fsp3) is 0.636. The molecule has 2 rings (SSSR count). The minimum atomic E-state index is 0.0422. The first-order valence-corrected chi connectivity index (χ1v) is 5.65. The number of aryl methyl sites for hydroxylation is 1. The molecule has 1 aromatic heterocycles. The van der Waals surface area contributed by atoms with Gasteiger partial charge in [0.05, 0.1) is 6.33 Å². The Morgan fingerprint density at radius 1 is 1.62 bits per heavy atom. The van der Waals surface area contributed by atoms with Gasteiger partial charge in [0, 0.05) is 32.4 Å². The van der Waals surface area contributed by atoms with E-state index < -0.39 is 0 Å². The van der Waals surface area contributed by atoms with Crippen LogP contribution in [-0.2, 0) is 7.05 Å². The van der Waals surface area contributed by atoms with Crippen molar-refractivity contribution in [2.75, 3.05) is 20.1 Å². The Balaban J connectivity index is 2.04. The molecule has 1 saturated heterocycles. The maximum absolute atomic E-state index is 12.1. The molecule has 88 valence electrons. The SMILES string of the molecule is CNC1CCCN(C(=O)c2cn(C)cn2)C1. The molecule has 1 amide bonds. The number of piperidine rings is 1. The quantitative estimate of drug-likeness (QED) is 0.780. The lowest BCUT2D eigenvalue weighted by Gasteiger charge is -2.32. The van der Waals surface area contributed by atoms with E-state index in [2.05, 4.69) is 10.3 Å². The highest BCUT2D eigenvalue weighted by molar-refractivity contribution is 5.92. The number of hydrogen-bond donors (Lipinski definition) is 1. The van der Waals surface area contributed by atoms with Crippen LogP contribution in [0.25, 0.3) is 0 Å². The first kappa shape index (κ1) is 11.1. The van der Waals surface area contributed by atoms with Crippen molar-refractivity contribution in [3.8, 4) is 0 Å². The van der Waals surface area contributed by atoms with Crippen LogP contribution in [0.2, 0.25) is 0 Å². The highest BCUT2D eigenvalue weighted by Gasteiger charge is 2.24. The van der Waals surface area contributed by atoms with E-state index in [1.807, 2.05) is 19.0 Å². The van der Waals surface area contributed by atoms with Crippen LogP contribution in [0.4, 0.5) is 0 Å². The van der Waals surface area contributed by atoms with E-state index in [0.29, 0.717) is 11.7 Å². The third kappa shape index (κ3) is 2.24. The van der Waals surface area contributed by atoms with E-state index in [-0.39, 0.29) is 5.91 Å². The van der Waals surface area contributed by atoms with Crippen LogP contribution < -0.4 is 5.32 Å². The highest BCUT2D eigenvalue weighted by Crippen LogP contribution is 2.12. The van der Waals surface area contributed by atoms with Gasteiger partial charge in [-0.2, -0.15) is 0 Å². The second-order valence-electron chi connectivity index (χ2n) is 4.30. The summed E-state index contributed by atoms with van der Waals surface area (Å²) in [7, 11) is 3.82. The van der Waals surface area contributed by atoms with Crippen molar-refractivity contribution in [3.63, 3.8) is 0 Å². The summed E-state index contributed by atoms with van der Waals surface area (Å²) in [4.78, 5) is 18.1. The molecule has 0 radical (unpaired) electrons. The molecule has 0 spiro atoms. The molecule has 1 aliphatic heterocycles. The zero-order chi connectivity index (χ0) is 11.5. The lowest BCUT2D eigenvalue weighted by molar-refractivity contribution is 0.0692. The summed E-state index contributed by atoms with van der Waals surface area (Å²) < 4.78 is 1.80. The van der Waals surface area contributed by atoms with E-state index in [9.17, 15) is 4.79 Å². The van der Waals surface area contributed by atoms with Gasteiger partial charge in [0.25, 0.3) is 5.91 Å². The van der Waals surface area contributed by atoms with Crippen molar-refractivity contribution in [2.24, 2.45) is 7.05 Å². The maximum atomic E-state index is 12.1. The third-order valence-electron chi connectivity index (χ3n) is 3.04. The minimum Gasteiger partial charge on any atom is -0.340 e. The van der Waals surface area contributed by atoms with Crippen LogP contribution in [0.15, 0.2) is 12.5 Å². The fourth-order valence-electron chi connectivity index (χ4n) is 2.08. The summed E-state index contributed by atoms with van der Waals surface area (Å²) in [6.07, 6.45) is 5.63. The molecular formula is C11H18N4O. The first-order valence-electron chi connectivity index (χ1n) is 5.65. The molecule has 0 saturated carbocycles. The molecule has 1 aliphatic rings. The van der Waals surface area contributed by atoms with Crippen molar-refractivity contribution >= 4 is 5.91 Å². The number of amides is 1. The number of nitrogens with one attached hydrogen (secondary N) is 1. The predicted octanol–water partition coefficient (Wildman–Crippen LogP) is 0.244. The number of imidazole rings is 1. The molecule has 1 unspecified atom stereocenters. The Labute approximate surface area is 95.5 Å². The Morgan fingerprint density at radius 2 is 2.44 bits per heavy atom. The van der Waals surface area contributed by atoms with Crippen LogP contribution in [0.5, 0.6) is 0 Å². The number of likely N-dealkylation sites (tertiary alicyclic amines) is 1. The number of hydrogen-bond acceptors (Lipinski definition) is 3. The zero-order valence-electron chi connectivity index (χ0n) is 9.81. The average Bonchev–Trinajstić information content (AvgIpc) is 2.75. The molecule has 1 aromatic rings. The topological polar surface area (TPSA) is 50.2 Å². The summed E-state index contributed by atoms with van der Waals surface area (Å²) in [6, 6.07) is 0.418. The zero-order valence-corrected chi connectivity index (χ0v) is 9.81. The molecular weight excluding hydrogens is 204 g/mol. The van der Waals surface area contributed by atoms with Crippen LogP contribution in [0.1, 0.15) is 23.3 Å². The van der Waals surface area contributed by atoms with Gasteiger partial charge in [0.2, 0.25) is 0 Å². The van der Waals surface area contributed by atoms with Gasteiger partial charge in [-0.15, -0.1) is 0 Å². The monoisotopic (exact) mass is 222 g/mol. The normalized spacial score (nSPS) is 21.1. The van der Waals surface area contributed by atoms with Crippen LogP contribution in [0, 0.1) is 0 Å². The van der Waals surface area contributed by atoms with E-state index in [1.54, 1.807) is 17.1 Å². The maximum Gasteiger partial charge on any atom is 0.274 e. The molecule has 1 N–H and O–H groups in total. The summed E-state index contributed by atoms with van der Waals surface area (Å²) in [5, 5.41) is 3.23. The van der Waals surface area contributed by atoms with Crippen molar-refractivity contribution in [1.29, 1.82) is 0 Å². The van der Waals surface area contributed by atoms with Crippen LogP contribution >= 0.6 is 0 Å². The van der Waals surface area contributed by atoms with Crippen molar-refractivity contribution in [1.82, 2.24) is 19.8 Å². The number of carbonyl (C=O) groups excluding carboxylic acids is 1. The van der Waals surface area contributed by atoms with Crippen molar-refractivity contribution in [3.05, 3.63) is 18.2 Å². The summed E-state index contributed by atoms with van der Waals surface area (Å²) in [5.41, 5.74) is 0.541. The number of likely N-dealkylation sites (N-methyl/N-ethyl adjacent to an activating group) is 1. The Morgan fingerprint density at radius 3 is 3.06 bits per heavy atom. The van der Waals surface area contributed by atoms with Crippen LogP contribution in [0.3, 0.4) is 0 Å². The largest absolute Gasteiger partial charge is 0.340 e. The summed E-state index contributed by atoms with van der Waals surface area (Å²) in [5.74, 6) is 0.0422. The Bertz CT molecular complexity index is 374. The molecule has 5 heteroatoms. The molecule has 5 nitrogen and oxygen atoms in total. The lowest BCUT2D eigenvalue weighted by Crippen LogP contribution is -2.47. The van der Waals surface area contributed by atoms with Gasteiger partial charge in [-0.1, -0.05) is 0 Å². The van der Waals surface area contributed by atoms with Gasteiger partial charge < -0.3 is 14.8 Å². The number of carbonyl (C=O) groups is 1. The molecule has 0 aliphatic carbocycles. The van der Waals surface area contributed by atoms with Gasteiger partial charge >= 0.3 is 0 Å². The summed E-state index contributed by atoms with van der Waals surface area (Å²) in [6.45, 7) is 1.62. The first-order chi connectivity index (χ1) is 7.70. The average molecular weight is 222 g/mol. The molecule has 1 atom stereocenters. The highest BCUT2D eigenvalue weighted by atomic mass is 16.2. The molecule has 1 fully saturated rings. The third-order valence-corrected chi connectivity index (χ3v) is 3.04. The molecule has 2 heterocycles. The Hall–Kier alpha value is -1.36. The van der Waals surface area contributed by atoms with Gasteiger partial charge in [-0.25, -0.2) is 4.98 Å². The van der Waals surface area contributed by atoms with E-state index in [0.717, 1.165) is 25.9 Å². The van der Waals surface area contributed by atoms with Gasteiger partial charge in [-0.05, 0) is 19.9 Å². The van der Waals surface area contributed by atoms with Gasteiger partial charge in [-0.3, -0.25) is 4.79 Å².